The minimum absolute atomic E-state index is 0.114. The molecular formula is C18H17FN4O2S. The Labute approximate surface area is 154 Å². The maximum absolute atomic E-state index is 13.6. The number of benzene rings is 1. The Kier molecular flexibility index (Phi) is 5.52. The van der Waals surface area contributed by atoms with Crippen LogP contribution in [0.25, 0.3) is 11.6 Å². The number of thioether (sulfide) groups is 1. The summed E-state index contributed by atoms with van der Waals surface area (Å²) in [6.45, 7) is 5.88. The SMILES string of the molecule is C=CCn1c(SCC(=O)Nc2ccc(C)c(F)c2)nnc1-c1ccco1. The Morgan fingerprint density at radius 1 is 1.42 bits per heavy atom. The van der Waals surface area contributed by atoms with E-state index in [1.807, 2.05) is 4.57 Å². The van der Waals surface area contributed by atoms with E-state index in [2.05, 4.69) is 22.1 Å². The summed E-state index contributed by atoms with van der Waals surface area (Å²) >= 11 is 1.23. The predicted octanol–water partition coefficient (Wildman–Crippen LogP) is 3.90. The first-order valence-corrected chi connectivity index (χ1v) is 8.84. The summed E-state index contributed by atoms with van der Waals surface area (Å²) in [6.07, 6.45) is 3.28. The molecule has 0 bridgehead atoms. The number of anilines is 1. The molecule has 134 valence electrons. The van der Waals surface area contributed by atoms with Gasteiger partial charge in [-0.1, -0.05) is 23.9 Å². The van der Waals surface area contributed by atoms with Gasteiger partial charge in [0.25, 0.3) is 0 Å². The molecule has 3 rings (SSSR count). The number of rotatable bonds is 7. The lowest BCUT2D eigenvalue weighted by molar-refractivity contribution is -0.113. The molecule has 26 heavy (non-hydrogen) atoms. The van der Waals surface area contributed by atoms with Crippen molar-refractivity contribution in [1.82, 2.24) is 14.8 Å². The number of furan rings is 1. The highest BCUT2D eigenvalue weighted by atomic mass is 32.2. The van der Waals surface area contributed by atoms with Crippen LogP contribution in [0.15, 0.2) is 58.8 Å². The maximum Gasteiger partial charge on any atom is 0.234 e. The zero-order valence-corrected chi connectivity index (χ0v) is 14.9. The number of aromatic nitrogens is 3. The number of carbonyl (C=O) groups excluding carboxylic acids is 1. The minimum Gasteiger partial charge on any atom is -0.461 e. The van der Waals surface area contributed by atoms with Crippen LogP contribution in [0, 0.1) is 12.7 Å². The van der Waals surface area contributed by atoms with E-state index in [1.165, 1.54) is 17.8 Å². The lowest BCUT2D eigenvalue weighted by Gasteiger charge is -2.07. The molecule has 0 unspecified atom stereocenters. The Balaban J connectivity index is 1.68. The quantitative estimate of drug-likeness (QED) is 0.503. The van der Waals surface area contributed by atoms with Crippen LogP contribution in [0.2, 0.25) is 0 Å². The van der Waals surface area contributed by atoms with Crippen molar-refractivity contribution >= 4 is 23.4 Å². The van der Waals surface area contributed by atoms with Crippen LogP contribution < -0.4 is 5.32 Å². The fraction of sp³-hybridized carbons (Fsp3) is 0.167. The Morgan fingerprint density at radius 3 is 2.96 bits per heavy atom. The number of amides is 1. The largest absolute Gasteiger partial charge is 0.461 e. The van der Waals surface area contributed by atoms with Crippen LogP contribution in [0.3, 0.4) is 0 Å². The van der Waals surface area contributed by atoms with Gasteiger partial charge in [0.1, 0.15) is 5.82 Å². The van der Waals surface area contributed by atoms with E-state index in [4.69, 9.17) is 4.42 Å². The summed E-state index contributed by atoms with van der Waals surface area (Å²) in [5.41, 5.74) is 0.947. The molecule has 1 aromatic carbocycles. The first-order chi connectivity index (χ1) is 12.6. The third kappa shape index (κ3) is 4.02. The normalized spacial score (nSPS) is 10.7. The molecule has 0 fully saturated rings. The summed E-state index contributed by atoms with van der Waals surface area (Å²) in [6, 6.07) is 8.14. The lowest BCUT2D eigenvalue weighted by atomic mass is 10.2. The van der Waals surface area contributed by atoms with Crippen molar-refractivity contribution in [3.63, 3.8) is 0 Å². The van der Waals surface area contributed by atoms with Gasteiger partial charge in [0.2, 0.25) is 11.7 Å². The van der Waals surface area contributed by atoms with E-state index < -0.39 is 0 Å². The second kappa shape index (κ2) is 8.01. The molecule has 2 aromatic heterocycles. The van der Waals surface area contributed by atoms with E-state index >= 15 is 0 Å². The van der Waals surface area contributed by atoms with E-state index in [-0.39, 0.29) is 17.5 Å². The molecule has 2 heterocycles. The van der Waals surface area contributed by atoms with Gasteiger partial charge in [-0.25, -0.2) is 4.39 Å². The van der Waals surface area contributed by atoms with Crippen LogP contribution in [0.4, 0.5) is 10.1 Å². The molecule has 0 saturated carbocycles. The molecule has 0 spiro atoms. The highest BCUT2D eigenvalue weighted by molar-refractivity contribution is 7.99. The number of nitrogens with one attached hydrogen (secondary N) is 1. The fourth-order valence-corrected chi connectivity index (χ4v) is 3.02. The first kappa shape index (κ1) is 17.9. The van der Waals surface area contributed by atoms with E-state index in [0.717, 1.165) is 0 Å². The Bertz CT molecular complexity index is 921. The topological polar surface area (TPSA) is 73.0 Å². The summed E-state index contributed by atoms with van der Waals surface area (Å²) in [5, 5.41) is 11.5. The summed E-state index contributed by atoms with van der Waals surface area (Å²) in [7, 11) is 0. The number of aryl methyl sites for hydroxylation is 1. The molecule has 0 aliphatic carbocycles. The molecule has 6 nitrogen and oxygen atoms in total. The van der Waals surface area contributed by atoms with Crippen LogP contribution in [0.5, 0.6) is 0 Å². The maximum atomic E-state index is 13.6. The monoisotopic (exact) mass is 372 g/mol. The molecule has 3 aromatic rings. The lowest BCUT2D eigenvalue weighted by Crippen LogP contribution is -2.15. The summed E-state index contributed by atoms with van der Waals surface area (Å²) in [4.78, 5) is 12.1. The van der Waals surface area contributed by atoms with Gasteiger partial charge in [-0.2, -0.15) is 0 Å². The number of carbonyl (C=O) groups is 1. The fourth-order valence-electron chi connectivity index (χ4n) is 2.28. The number of allylic oxidation sites excluding steroid dienone is 1. The smallest absolute Gasteiger partial charge is 0.234 e. The standard InChI is InChI=1S/C18H17FN4O2S/c1-3-8-23-17(15-5-4-9-25-15)21-22-18(23)26-11-16(24)20-13-7-6-12(2)14(19)10-13/h3-7,9-10H,1,8,11H2,2H3,(H,20,24). The second-order valence-electron chi connectivity index (χ2n) is 5.48. The number of hydrogen-bond acceptors (Lipinski definition) is 5. The van der Waals surface area contributed by atoms with Gasteiger partial charge in [0, 0.05) is 12.2 Å². The van der Waals surface area contributed by atoms with Crippen molar-refractivity contribution in [3.05, 3.63) is 60.6 Å². The predicted molar refractivity (Wildman–Crippen MR) is 98.4 cm³/mol. The third-order valence-electron chi connectivity index (χ3n) is 3.56. The average Bonchev–Trinajstić information content (AvgIpc) is 3.26. The van der Waals surface area contributed by atoms with Crippen LogP contribution >= 0.6 is 11.8 Å². The zero-order valence-electron chi connectivity index (χ0n) is 14.1. The van der Waals surface area contributed by atoms with Crippen molar-refractivity contribution < 1.29 is 13.6 Å². The second-order valence-corrected chi connectivity index (χ2v) is 6.43. The molecule has 1 amide bonds. The van der Waals surface area contributed by atoms with Crippen molar-refractivity contribution in [2.24, 2.45) is 0 Å². The Morgan fingerprint density at radius 2 is 2.27 bits per heavy atom. The molecule has 8 heteroatoms. The summed E-state index contributed by atoms with van der Waals surface area (Å²) in [5.74, 6) is 0.655. The molecular weight excluding hydrogens is 355 g/mol. The van der Waals surface area contributed by atoms with Crippen molar-refractivity contribution in [1.29, 1.82) is 0 Å². The molecule has 1 N–H and O–H groups in total. The van der Waals surface area contributed by atoms with Gasteiger partial charge in [0.15, 0.2) is 10.9 Å². The van der Waals surface area contributed by atoms with Gasteiger partial charge in [0.05, 0.1) is 12.0 Å². The highest BCUT2D eigenvalue weighted by Crippen LogP contribution is 2.24. The van der Waals surface area contributed by atoms with Crippen LogP contribution in [0.1, 0.15) is 5.56 Å². The van der Waals surface area contributed by atoms with Crippen LogP contribution in [-0.2, 0) is 11.3 Å². The first-order valence-electron chi connectivity index (χ1n) is 7.85. The van der Waals surface area contributed by atoms with Gasteiger partial charge in [-0.15, -0.1) is 16.8 Å². The van der Waals surface area contributed by atoms with Gasteiger partial charge in [-0.05, 0) is 36.8 Å². The van der Waals surface area contributed by atoms with E-state index in [9.17, 15) is 9.18 Å². The molecule has 0 saturated heterocycles. The number of hydrogen-bond donors (Lipinski definition) is 1. The number of nitrogens with zero attached hydrogens (tertiary/aromatic N) is 3. The molecule has 0 aliphatic rings. The molecule has 0 radical (unpaired) electrons. The van der Waals surface area contributed by atoms with Crippen LogP contribution in [-0.4, -0.2) is 26.4 Å². The molecule has 0 atom stereocenters. The van der Waals surface area contributed by atoms with Crippen molar-refractivity contribution in [2.75, 3.05) is 11.1 Å². The van der Waals surface area contributed by atoms with E-state index in [1.54, 1.807) is 43.5 Å². The molecule has 0 aliphatic heterocycles. The summed E-state index contributed by atoms with van der Waals surface area (Å²) < 4.78 is 20.7. The number of halogens is 1. The van der Waals surface area contributed by atoms with Gasteiger partial charge < -0.3 is 9.73 Å². The minimum atomic E-state index is -0.357. The zero-order chi connectivity index (χ0) is 18.5. The third-order valence-corrected chi connectivity index (χ3v) is 4.52. The average molecular weight is 372 g/mol. The Hall–Kier alpha value is -2.87. The van der Waals surface area contributed by atoms with Gasteiger partial charge >= 0.3 is 0 Å². The van der Waals surface area contributed by atoms with Crippen molar-refractivity contribution in [3.8, 4) is 11.6 Å². The van der Waals surface area contributed by atoms with Crippen molar-refractivity contribution in [2.45, 2.75) is 18.6 Å². The van der Waals surface area contributed by atoms with E-state index in [0.29, 0.717) is 34.5 Å². The van der Waals surface area contributed by atoms with Gasteiger partial charge in [-0.3, -0.25) is 9.36 Å². The highest BCUT2D eigenvalue weighted by Gasteiger charge is 2.16.